The van der Waals surface area contributed by atoms with Gasteiger partial charge in [0.25, 0.3) is 0 Å². The van der Waals surface area contributed by atoms with Crippen LogP contribution in [0.4, 0.5) is 4.79 Å². The zero-order chi connectivity index (χ0) is 24.4. The number of carboxylic acids is 1. The number of alkyl carbamates (subject to hydrolysis) is 1. The van der Waals surface area contributed by atoms with Crippen LogP contribution in [0.5, 0.6) is 0 Å². The van der Waals surface area contributed by atoms with Gasteiger partial charge in [0, 0.05) is 31.5 Å². The number of ether oxygens (including phenoxy) is 2. The molecular weight excluding hydrogens is 448 g/mol. The van der Waals surface area contributed by atoms with Gasteiger partial charge < -0.3 is 25.2 Å². The topological polar surface area (TPSA) is 114 Å². The van der Waals surface area contributed by atoms with Crippen LogP contribution in [-0.4, -0.2) is 56.0 Å². The van der Waals surface area contributed by atoms with Crippen LogP contribution in [0, 0.1) is 17.3 Å². The van der Waals surface area contributed by atoms with Crippen molar-refractivity contribution >= 4 is 18.0 Å². The van der Waals surface area contributed by atoms with Gasteiger partial charge in [0.2, 0.25) is 5.91 Å². The van der Waals surface area contributed by atoms with Gasteiger partial charge in [0.05, 0.1) is 6.61 Å². The predicted molar refractivity (Wildman–Crippen MR) is 128 cm³/mol. The maximum atomic E-state index is 12.5. The molecule has 5 rings (SSSR count). The molecule has 1 unspecified atom stereocenters. The molecule has 0 spiro atoms. The molecular formula is C27H30N2O6. The van der Waals surface area contributed by atoms with E-state index in [2.05, 4.69) is 34.9 Å². The lowest BCUT2D eigenvalue weighted by molar-refractivity contribution is -0.157. The minimum atomic E-state index is -1.06. The van der Waals surface area contributed by atoms with Crippen molar-refractivity contribution in [2.24, 2.45) is 17.3 Å². The summed E-state index contributed by atoms with van der Waals surface area (Å²) in [6, 6.07) is 16.3. The number of carbonyl (C=O) groups excluding carboxylic acids is 2. The van der Waals surface area contributed by atoms with Gasteiger partial charge in [-0.15, -0.1) is 0 Å². The first-order chi connectivity index (χ1) is 17.0. The van der Waals surface area contributed by atoms with E-state index in [4.69, 9.17) is 9.47 Å². The Morgan fingerprint density at radius 3 is 2.34 bits per heavy atom. The Bertz CT molecular complexity index is 1080. The molecule has 1 aliphatic heterocycles. The first kappa shape index (κ1) is 23.4. The zero-order valence-corrected chi connectivity index (χ0v) is 19.5. The Hall–Kier alpha value is -3.39. The average molecular weight is 479 g/mol. The summed E-state index contributed by atoms with van der Waals surface area (Å²) < 4.78 is 10.9. The number of fused-ring (bicyclic) bond motifs is 3. The summed E-state index contributed by atoms with van der Waals surface area (Å²) in [6.45, 7) is 1.31. The molecule has 0 radical (unpaired) electrons. The van der Waals surface area contributed by atoms with E-state index in [1.54, 1.807) is 0 Å². The van der Waals surface area contributed by atoms with Crippen molar-refractivity contribution in [3.63, 3.8) is 0 Å². The van der Waals surface area contributed by atoms with E-state index in [9.17, 15) is 19.5 Å². The Morgan fingerprint density at radius 1 is 1.03 bits per heavy atom. The van der Waals surface area contributed by atoms with Crippen LogP contribution in [-0.2, 0) is 19.1 Å². The molecule has 2 aromatic carbocycles. The molecule has 3 aliphatic rings. The molecule has 3 atom stereocenters. The quantitative estimate of drug-likeness (QED) is 0.537. The van der Waals surface area contributed by atoms with Gasteiger partial charge in [-0.25, -0.2) is 4.79 Å². The van der Waals surface area contributed by atoms with Gasteiger partial charge in [-0.2, -0.15) is 0 Å². The van der Waals surface area contributed by atoms with Gasteiger partial charge in [-0.05, 0) is 47.4 Å². The number of carboxylic acid groups (broad SMARTS) is 1. The van der Waals surface area contributed by atoms with E-state index in [1.165, 1.54) is 11.1 Å². The highest BCUT2D eigenvalue weighted by molar-refractivity contribution is 5.83. The molecule has 2 amide bonds. The lowest BCUT2D eigenvalue weighted by atomic mass is 9.82. The summed E-state index contributed by atoms with van der Waals surface area (Å²) in [5.74, 6) is -1.31. The molecule has 2 fully saturated rings. The van der Waals surface area contributed by atoms with Crippen LogP contribution >= 0.6 is 0 Å². The summed E-state index contributed by atoms with van der Waals surface area (Å²) in [5.41, 5.74) is 3.60. The predicted octanol–water partition coefficient (Wildman–Crippen LogP) is 3.16. The Labute approximate surface area is 204 Å². The second-order valence-corrected chi connectivity index (χ2v) is 9.77. The molecule has 184 valence electrons. The maximum absolute atomic E-state index is 12.5. The summed E-state index contributed by atoms with van der Waals surface area (Å²) in [5, 5.41) is 15.2. The second kappa shape index (κ2) is 9.70. The van der Waals surface area contributed by atoms with Crippen LogP contribution in [0.3, 0.4) is 0 Å². The molecule has 8 heteroatoms. The van der Waals surface area contributed by atoms with Crippen molar-refractivity contribution in [3.8, 4) is 11.1 Å². The van der Waals surface area contributed by atoms with Crippen LogP contribution in [0.2, 0.25) is 0 Å². The Balaban J connectivity index is 1.07. The van der Waals surface area contributed by atoms with Gasteiger partial charge in [-0.1, -0.05) is 48.5 Å². The van der Waals surface area contributed by atoms with Gasteiger partial charge in [0.15, 0.2) is 0 Å². The number of carbonyl (C=O) groups is 3. The fraction of sp³-hybridized carbons (Fsp3) is 0.444. The van der Waals surface area contributed by atoms with E-state index in [-0.39, 0.29) is 43.4 Å². The van der Waals surface area contributed by atoms with Crippen LogP contribution in [0.1, 0.15) is 36.3 Å². The van der Waals surface area contributed by atoms with E-state index in [0.717, 1.165) is 11.1 Å². The van der Waals surface area contributed by atoms with Crippen molar-refractivity contribution in [3.05, 3.63) is 59.7 Å². The molecule has 2 aliphatic carbocycles. The number of benzene rings is 2. The third kappa shape index (κ3) is 4.75. The molecule has 35 heavy (non-hydrogen) atoms. The number of rotatable bonds is 8. The standard InChI is InChI=1S/C27H30N2O6/c30-24(29-15-27(25(31)32)10-5-11-34-16-27)22-12-17(22)13-28-26(33)35-14-23-20-8-3-1-6-18(20)19-7-2-4-9-21(19)23/h1-4,6-9,17,22-23H,5,10-16H2,(H,28,33)(H,29,30)(H,31,32)/t17-,22-,27?/m1/s1. The number of nitrogens with one attached hydrogen (secondary N) is 2. The third-order valence-electron chi connectivity index (χ3n) is 7.49. The van der Waals surface area contributed by atoms with Crippen molar-refractivity contribution in [2.45, 2.75) is 25.2 Å². The first-order valence-corrected chi connectivity index (χ1v) is 12.2. The third-order valence-corrected chi connectivity index (χ3v) is 7.49. The normalized spacial score (nSPS) is 24.7. The van der Waals surface area contributed by atoms with Crippen molar-refractivity contribution in [1.82, 2.24) is 10.6 Å². The zero-order valence-electron chi connectivity index (χ0n) is 19.5. The molecule has 0 aromatic heterocycles. The van der Waals surface area contributed by atoms with Gasteiger partial charge >= 0.3 is 12.1 Å². The molecule has 8 nitrogen and oxygen atoms in total. The van der Waals surface area contributed by atoms with E-state index in [0.29, 0.717) is 32.4 Å². The number of aliphatic carboxylic acids is 1. The van der Waals surface area contributed by atoms with Crippen molar-refractivity contribution < 1.29 is 29.0 Å². The monoisotopic (exact) mass is 478 g/mol. The SMILES string of the molecule is O=C(NC[C@H]1C[C@H]1C(=O)NCC1(C(=O)O)CCCOC1)OCC1c2ccccc2-c2ccccc21. The lowest BCUT2D eigenvalue weighted by Gasteiger charge is -2.33. The fourth-order valence-electron chi connectivity index (χ4n) is 5.28. The van der Waals surface area contributed by atoms with Gasteiger partial charge in [0.1, 0.15) is 12.0 Å². The number of hydrogen-bond acceptors (Lipinski definition) is 5. The average Bonchev–Trinajstić information content (AvgIpc) is 3.60. The molecule has 0 bridgehead atoms. The maximum Gasteiger partial charge on any atom is 0.407 e. The molecule has 1 heterocycles. The first-order valence-electron chi connectivity index (χ1n) is 12.2. The summed E-state index contributed by atoms with van der Waals surface area (Å²) in [6.07, 6.45) is 1.31. The van der Waals surface area contributed by atoms with E-state index in [1.807, 2.05) is 24.3 Å². The van der Waals surface area contributed by atoms with Gasteiger partial charge in [-0.3, -0.25) is 9.59 Å². The minimum Gasteiger partial charge on any atom is -0.481 e. The largest absolute Gasteiger partial charge is 0.481 e. The highest BCUT2D eigenvalue weighted by Crippen LogP contribution is 2.44. The summed E-state index contributed by atoms with van der Waals surface area (Å²) >= 11 is 0. The molecule has 1 saturated carbocycles. The van der Waals surface area contributed by atoms with E-state index < -0.39 is 17.5 Å². The second-order valence-electron chi connectivity index (χ2n) is 9.77. The minimum absolute atomic E-state index is 0.00192. The highest BCUT2D eigenvalue weighted by atomic mass is 16.5. The Morgan fingerprint density at radius 2 is 1.71 bits per heavy atom. The lowest BCUT2D eigenvalue weighted by Crippen LogP contribution is -2.48. The molecule has 1 saturated heterocycles. The fourth-order valence-corrected chi connectivity index (χ4v) is 5.28. The summed E-state index contributed by atoms with van der Waals surface area (Å²) in [4.78, 5) is 36.6. The highest BCUT2D eigenvalue weighted by Gasteiger charge is 2.45. The molecule has 2 aromatic rings. The smallest absolute Gasteiger partial charge is 0.407 e. The summed E-state index contributed by atoms with van der Waals surface area (Å²) in [7, 11) is 0. The van der Waals surface area contributed by atoms with Crippen molar-refractivity contribution in [1.29, 1.82) is 0 Å². The number of amides is 2. The van der Waals surface area contributed by atoms with Crippen LogP contribution < -0.4 is 10.6 Å². The molecule has 3 N–H and O–H groups in total. The Kier molecular flexibility index (Phi) is 6.47. The number of hydrogen-bond donors (Lipinski definition) is 3. The van der Waals surface area contributed by atoms with Crippen LogP contribution in [0.25, 0.3) is 11.1 Å². The van der Waals surface area contributed by atoms with Crippen molar-refractivity contribution in [2.75, 3.05) is 32.9 Å². The van der Waals surface area contributed by atoms with Crippen LogP contribution in [0.15, 0.2) is 48.5 Å². The van der Waals surface area contributed by atoms with E-state index >= 15 is 0 Å².